The largest absolute Gasteiger partial charge is 0.325 e. The minimum absolute atomic E-state index is 0.145. The van der Waals surface area contributed by atoms with Gasteiger partial charge in [0.05, 0.1) is 6.54 Å². The molecule has 0 aromatic heterocycles. The monoisotopic (exact) mass is 272 g/mol. The number of anilines is 1. The third-order valence-corrected chi connectivity index (χ3v) is 2.44. The number of rotatable bonds is 5. The van der Waals surface area contributed by atoms with Crippen LogP contribution in [0.25, 0.3) is 0 Å². The second-order valence-corrected chi connectivity index (χ2v) is 4.60. The number of amides is 1. The number of benzene rings is 1. The molecular weight excluding hydrogens is 259 g/mol. The molecule has 0 fully saturated rings. The summed E-state index contributed by atoms with van der Waals surface area (Å²) in [4.78, 5) is 11.6. The lowest BCUT2D eigenvalue weighted by molar-refractivity contribution is -0.115. The van der Waals surface area contributed by atoms with E-state index in [1.807, 2.05) is 13.0 Å². The standard InChI is InChI=1S/C12H14Cl2N2O/c1-8-3-4-10(14)5-11(8)16-12(17)7-15-6-9(2)13/h3-5,15H,2,6-7H2,1H3,(H,16,17). The molecule has 0 saturated carbocycles. The predicted octanol–water partition coefficient (Wildman–Crippen LogP) is 2.93. The molecular formula is C12H14Cl2N2O. The topological polar surface area (TPSA) is 41.1 Å². The van der Waals surface area contributed by atoms with Crippen LogP contribution in [-0.2, 0) is 4.79 Å². The summed E-state index contributed by atoms with van der Waals surface area (Å²) in [6, 6.07) is 5.35. The molecule has 3 nitrogen and oxygen atoms in total. The van der Waals surface area contributed by atoms with Crippen molar-refractivity contribution in [1.82, 2.24) is 5.32 Å². The fourth-order valence-electron chi connectivity index (χ4n) is 1.23. The Bertz CT molecular complexity index is 433. The van der Waals surface area contributed by atoms with Gasteiger partial charge in [-0.15, -0.1) is 0 Å². The smallest absolute Gasteiger partial charge is 0.238 e. The lowest BCUT2D eigenvalue weighted by Gasteiger charge is -2.09. The highest BCUT2D eigenvalue weighted by molar-refractivity contribution is 6.31. The molecule has 0 radical (unpaired) electrons. The van der Waals surface area contributed by atoms with Crippen LogP contribution in [0.1, 0.15) is 5.56 Å². The Morgan fingerprint density at radius 1 is 1.41 bits per heavy atom. The number of hydrogen-bond acceptors (Lipinski definition) is 2. The van der Waals surface area contributed by atoms with E-state index in [0.29, 0.717) is 22.3 Å². The number of nitrogens with one attached hydrogen (secondary N) is 2. The van der Waals surface area contributed by atoms with E-state index in [0.717, 1.165) is 5.56 Å². The molecule has 0 saturated heterocycles. The minimum atomic E-state index is -0.145. The SMILES string of the molecule is C=C(Cl)CNCC(=O)Nc1cc(Cl)ccc1C. The summed E-state index contributed by atoms with van der Waals surface area (Å²) >= 11 is 11.4. The van der Waals surface area contributed by atoms with Gasteiger partial charge in [0.25, 0.3) is 0 Å². The molecule has 0 unspecified atom stereocenters. The van der Waals surface area contributed by atoms with Crippen LogP contribution in [0.4, 0.5) is 5.69 Å². The van der Waals surface area contributed by atoms with Crippen molar-refractivity contribution in [3.8, 4) is 0 Å². The Morgan fingerprint density at radius 3 is 2.76 bits per heavy atom. The number of carbonyl (C=O) groups is 1. The van der Waals surface area contributed by atoms with Crippen LogP contribution in [0.2, 0.25) is 5.02 Å². The highest BCUT2D eigenvalue weighted by Gasteiger charge is 2.04. The number of hydrogen-bond donors (Lipinski definition) is 2. The maximum absolute atomic E-state index is 11.6. The molecule has 0 bridgehead atoms. The summed E-state index contributed by atoms with van der Waals surface area (Å²) in [6.07, 6.45) is 0. The van der Waals surface area contributed by atoms with Crippen molar-refractivity contribution >= 4 is 34.8 Å². The van der Waals surface area contributed by atoms with Gasteiger partial charge in [0, 0.05) is 22.3 Å². The molecule has 1 aromatic carbocycles. The predicted molar refractivity (Wildman–Crippen MR) is 72.7 cm³/mol. The fourth-order valence-corrected chi connectivity index (χ4v) is 1.50. The van der Waals surface area contributed by atoms with E-state index in [1.54, 1.807) is 12.1 Å². The van der Waals surface area contributed by atoms with Gasteiger partial charge in [-0.25, -0.2) is 0 Å². The van der Waals surface area contributed by atoms with E-state index in [-0.39, 0.29) is 12.5 Å². The van der Waals surface area contributed by atoms with Gasteiger partial charge in [0.15, 0.2) is 0 Å². The molecule has 1 rings (SSSR count). The molecule has 0 aliphatic heterocycles. The maximum atomic E-state index is 11.6. The van der Waals surface area contributed by atoms with Crippen molar-refractivity contribution in [1.29, 1.82) is 0 Å². The van der Waals surface area contributed by atoms with Crippen molar-refractivity contribution in [3.63, 3.8) is 0 Å². The van der Waals surface area contributed by atoms with Gasteiger partial charge >= 0.3 is 0 Å². The summed E-state index contributed by atoms with van der Waals surface area (Å²) in [7, 11) is 0. The maximum Gasteiger partial charge on any atom is 0.238 e. The Labute approximate surface area is 111 Å². The molecule has 0 aliphatic rings. The van der Waals surface area contributed by atoms with E-state index in [9.17, 15) is 4.79 Å². The molecule has 0 spiro atoms. The zero-order valence-electron chi connectivity index (χ0n) is 9.52. The van der Waals surface area contributed by atoms with Crippen molar-refractivity contribution in [2.45, 2.75) is 6.92 Å². The zero-order chi connectivity index (χ0) is 12.8. The van der Waals surface area contributed by atoms with Gasteiger partial charge in [-0.3, -0.25) is 4.79 Å². The first kappa shape index (κ1) is 14.0. The molecule has 1 aromatic rings. The molecule has 17 heavy (non-hydrogen) atoms. The van der Waals surface area contributed by atoms with Crippen LogP contribution in [0.3, 0.4) is 0 Å². The van der Waals surface area contributed by atoms with Crippen LogP contribution in [-0.4, -0.2) is 19.0 Å². The van der Waals surface area contributed by atoms with E-state index in [4.69, 9.17) is 23.2 Å². The first-order valence-corrected chi connectivity index (χ1v) is 5.84. The first-order chi connectivity index (χ1) is 7.99. The Morgan fingerprint density at radius 2 is 2.12 bits per heavy atom. The zero-order valence-corrected chi connectivity index (χ0v) is 11.0. The van der Waals surface area contributed by atoms with Crippen LogP contribution in [0.15, 0.2) is 29.8 Å². The molecule has 92 valence electrons. The second-order valence-electron chi connectivity index (χ2n) is 3.63. The first-order valence-electron chi connectivity index (χ1n) is 5.09. The van der Waals surface area contributed by atoms with Gasteiger partial charge in [-0.2, -0.15) is 0 Å². The third kappa shape index (κ3) is 5.22. The average molecular weight is 273 g/mol. The molecule has 0 heterocycles. The van der Waals surface area contributed by atoms with Crippen LogP contribution in [0.5, 0.6) is 0 Å². The summed E-state index contributed by atoms with van der Waals surface area (Å²) in [5, 5.41) is 6.69. The third-order valence-electron chi connectivity index (χ3n) is 2.08. The molecule has 2 N–H and O–H groups in total. The van der Waals surface area contributed by atoms with Gasteiger partial charge in [-0.1, -0.05) is 35.8 Å². The van der Waals surface area contributed by atoms with Crippen molar-refractivity contribution in [3.05, 3.63) is 40.4 Å². The Kier molecular flexibility index (Phi) is 5.48. The summed E-state index contributed by atoms with van der Waals surface area (Å²) in [6.45, 7) is 6.00. The van der Waals surface area contributed by atoms with Gasteiger partial charge < -0.3 is 10.6 Å². The molecule has 0 atom stereocenters. The number of halogens is 2. The van der Waals surface area contributed by atoms with Crippen LogP contribution < -0.4 is 10.6 Å². The lowest BCUT2D eigenvalue weighted by atomic mass is 10.2. The molecule has 0 aliphatic carbocycles. The van der Waals surface area contributed by atoms with Crippen LogP contribution >= 0.6 is 23.2 Å². The summed E-state index contributed by atoms with van der Waals surface area (Å²) in [5.74, 6) is -0.145. The van der Waals surface area contributed by atoms with Crippen molar-refractivity contribution < 1.29 is 4.79 Å². The van der Waals surface area contributed by atoms with E-state index >= 15 is 0 Å². The van der Waals surface area contributed by atoms with Crippen molar-refractivity contribution in [2.24, 2.45) is 0 Å². The van der Waals surface area contributed by atoms with E-state index in [2.05, 4.69) is 17.2 Å². The fraction of sp³-hybridized carbons (Fsp3) is 0.250. The van der Waals surface area contributed by atoms with Crippen LogP contribution in [0, 0.1) is 6.92 Å². The molecule has 5 heteroatoms. The van der Waals surface area contributed by atoms with Gasteiger partial charge in [0.1, 0.15) is 0 Å². The highest BCUT2D eigenvalue weighted by Crippen LogP contribution is 2.19. The molecule has 1 amide bonds. The van der Waals surface area contributed by atoms with E-state index < -0.39 is 0 Å². The summed E-state index contributed by atoms with van der Waals surface area (Å²) in [5.41, 5.74) is 1.68. The van der Waals surface area contributed by atoms with Gasteiger partial charge in [0.2, 0.25) is 5.91 Å². The highest BCUT2D eigenvalue weighted by atomic mass is 35.5. The summed E-state index contributed by atoms with van der Waals surface area (Å²) < 4.78 is 0. The quantitative estimate of drug-likeness (QED) is 0.866. The number of aryl methyl sites for hydroxylation is 1. The van der Waals surface area contributed by atoms with E-state index in [1.165, 1.54) is 0 Å². The Balaban J connectivity index is 2.50. The number of carbonyl (C=O) groups excluding carboxylic acids is 1. The lowest BCUT2D eigenvalue weighted by Crippen LogP contribution is -2.29. The minimum Gasteiger partial charge on any atom is -0.325 e. The average Bonchev–Trinajstić information content (AvgIpc) is 2.23. The second kappa shape index (κ2) is 6.64. The van der Waals surface area contributed by atoms with Gasteiger partial charge in [-0.05, 0) is 24.6 Å². The normalized spacial score (nSPS) is 10.1. The Hall–Kier alpha value is -1.03. The van der Waals surface area contributed by atoms with Crippen molar-refractivity contribution in [2.75, 3.05) is 18.4 Å².